The van der Waals surface area contributed by atoms with Crippen LogP contribution in [0.25, 0.3) is 10.9 Å². The maximum atomic E-state index is 12.9. The first-order valence-corrected chi connectivity index (χ1v) is 17.5. The number of rotatable bonds is 16. The van der Waals surface area contributed by atoms with Gasteiger partial charge in [0.25, 0.3) is 11.8 Å². The van der Waals surface area contributed by atoms with Crippen LogP contribution in [-0.4, -0.2) is 85.9 Å². The molecule has 55 heavy (non-hydrogen) atoms. The molecule has 0 spiro atoms. The maximum Gasteiger partial charge on any atom is 0.413 e. The second kappa shape index (κ2) is 23.2. The molecule has 0 fully saturated rings. The number of aromatic nitrogens is 1. The van der Waals surface area contributed by atoms with E-state index in [1.165, 1.54) is 0 Å². The lowest BCUT2D eigenvalue weighted by Crippen LogP contribution is -2.47. The van der Waals surface area contributed by atoms with Gasteiger partial charge in [0, 0.05) is 23.5 Å². The number of hydrogen-bond acceptors (Lipinski definition) is 11. The molecule has 1 aromatic heterocycles. The van der Waals surface area contributed by atoms with E-state index in [9.17, 15) is 24.4 Å². The van der Waals surface area contributed by atoms with Crippen molar-refractivity contribution in [3.8, 4) is 12.1 Å². The summed E-state index contributed by atoms with van der Waals surface area (Å²) in [5.74, 6) is -1.00. The number of pyridine rings is 1. The molecule has 3 aromatic carbocycles. The Labute approximate surface area is 320 Å². The Hall–Kier alpha value is -6.55. The van der Waals surface area contributed by atoms with Crippen LogP contribution in [-0.2, 0) is 30.4 Å². The number of amides is 4. The van der Waals surface area contributed by atoms with E-state index in [2.05, 4.69) is 26.3 Å². The van der Waals surface area contributed by atoms with Crippen LogP contribution >= 0.6 is 0 Å². The quantitative estimate of drug-likeness (QED) is 0.109. The van der Waals surface area contributed by atoms with E-state index in [1.807, 2.05) is 79.7 Å². The van der Waals surface area contributed by atoms with Gasteiger partial charge in [-0.15, -0.1) is 0 Å². The number of benzene rings is 3. The van der Waals surface area contributed by atoms with Crippen molar-refractivity contribution >= 4 is 46.4 Å². The largest absolute Gasteiger partial charge is 0.436 e. The van der Waals surface area contributed by atoms with Crippen molar-refractivity contribution in [2.45, 2.75) is 45.1 Å². The third kappa shape index (κ3) is 15.5. The lowest BCUT2D eigenvalue weighted by atomic mass is 10.0. The third-order valence-corrected chi connectivity index (χ3v) is 7.78. The summed E-state index contributed by atoms with van der Waals surface area (Å²) in [5, 5.41) is 28.9. The molecule has 4 aromatic rings. The number of nitriles is 2. The number of carbonyl (C=O) groups excluding carboxylic acids is 4. The van der Waals surface area contributed by atoms with Crippen molar-refractivity contribution in [1.29, 1.82) is 10.5 Å². The van der Waals surface area contributed by atoms with Crippen molar-refractivity contribution in [1.82, 2.24) is 20.5 Å². The molecule has 0 saturated heterocycles. The van der Waals surface area contributed by atoms with Gasteiger partial charge in [0.05, 0.1) is 30.9 Å². The number of para-hydroxylation sites is 2. The second-order valence-corrected chi connectivity index (χ2v) is 12.4. The number of ether oxygens (including phenoxy) is 3. The van der Waals surface area contributed by atoms with Gasteiger partial charge in [0.15, 0.2) is 12.2 Å². The average molecular weight is 751 g/mol. The summed E-state index contributed by atoms with van der Waals surface area (Å²) < 4.78 is 16.1. The minimum atomic E-state index is -1.07. The lowest BCUT2D eigenvalue weighted by Gasteiger charge is -2.24. The van der Waals surface area contributed by atoms with Crippen molar-refractivity contribution in [2.75, 3.05) is 44.4 Å². The van der Waals surface area contributed by atoms with Gasteiger partial charge >= 0.3 is 12.2 Å². The topological polar surface area (TPSA) is 208 Å². The summed E-state index contributed by atoms with van der Waals surface area (Å²) in [5.41, 5.74) is 2.26. The minimum Gasteiger partial charge on any atom is -0.436 e. The molecule has 4 atom stereocenters. The van der Waals surface area contributed by atoms with E-state index < -0.39 is 42.3 Å². The van der Waals surface area contributed by atoms with Crippen LogP contribution in [0.15, 0.2) is 97.1 Å². The number of carbonyl (C=O) groups is 4. The predicted octanol–water partition coefficient (Wildman–Crippen LogP) is 5.23. The van der Waals surface area contributed by atoms with Gasteiger partial charge in [-0.3, -0.25) is 20.2 Å². The van der Waals surface area contributed by atoms with Gasteiger partial charge in [-0.05, 0) is 56.4 Å². The standard InChI is InChI=1S/C26H28N4O4.C14H18N4O3/c1-3-18(2)24(25(31)28-21(15-27)17-33-16-19-9-5-4-6-10-19)34-26(32)30-23-14-13-20-11-7-8-12-22(20)29-23;1-18(2)10-12(13(19)16-9-8-15)21-14(20)17-11-6-4-3-5-7-11/h4-14,18,21,24H,3,16-17H2,1-2H3,(H,28,31)(H,29,30,32);3-7,12H,9-10H2,1-2H3,(H,16,19)(H,17,20). The lowest BCUT2D eigenvalue weighted by molar-refractivity contribution is -0.132. The molecule has 4 rings (SSSR count). The van der Waals surface area contributed by atoms with Crippen molar-refractivity contribution in [2.24, 2.45) is 5.92 Å². The van der Waals surface area contributed by atoms with Crippen LogP contribution < -0.4 is 21.3 Å². The molecular weight excluding hydrogens is 704 g/mol. The molecule has 0 radical (unpaired) electrons. The van der Waals surface area contributed by atoms with E-state index in [1.54, 1.807) is 62.3 Å². The Morgan fingerprint density at radius 1 is 0.818 bits per heavy atom. The fourth-order valence-electron chi connectivity index (χ4n) is 4.80. The summed E-state index contributed by atoms with van der Waals surface area (Å²) in [6, 6.07) is 32.3. The summed E-state index contributed by atoms with van der Waals surface area (Å²) in [6.07, 6.45) is -2.98. The molecule has 1 heterocycles. The van der Waals surface area contributed by atoms with E-state index in [4.69, 9.17) is 19.5 Å². The second-order valence-electron chi connectivity index (χ2n) is 12.4. The summed E-state index contributed by atoms with van der Waals surface area (Å²) in [4.78, 5) is 55.1. The molecule has 0 bridgehead atoms. The number of hydrogen-bond donors (Lipinski definition) is 4. The number of anilines is 2. The Balaban J connectivity index is 0.000000332. The van der Waals surface area contributed by atoms with Gasteiger partial charge < -0.3 is 29.7 Å². The minimum absolute atomic E-state index is 0.0115. The van der Waals surface area contributed by atoms with Crippen molar-refractivity contribution in [3.05, 3.63) is 103 Å². The van der Waals surface area contributed by atoms with Crippen LogP contribution in [0.2, 0.25) is 0 Å². The Morgan fingerprint density at radius 3 is 2.13 bits per heavy atom. The fraction of sp³-hybridized carbons (Fsp3) is 0.325. The normalized spacial score (nSPS) is 12.6. The Bertz CT molecular complexity index is 1920. The molecular formula is C40H46N8O7. The van der Waals surface area contributed by atoms with E-state index in [0.717, 1.165) is 16.5 Å². The number of fused-ring (bicyclic) bond motifs is 1. The van der Waals surface area contributed by atoms with E-state index >= 15 is 0 Å². The van der Waals surface area contributed by atoms with E-state index in [0.29, 0.717) is 24.5 Å². The number of nitrogens with one attached hydrogen (secondary N) is 4. The van der Waals surface area contributed by atoms with Crippen LogP contribution in [0, 0.1) is 28.6 Å². The summed E-state index contributed by atoms with van der Waals surface area (Å²) in [6.45, 7) is 4.12. The van der Waals surface area contributed by atoms with Gasteiger partial charge in [0.2, 0.25) is 0 Å². The first kappa shape index (κ1) is 42.9. The van der Waals surface area contributed by atoms with Gasteiger partial charge in [-0.2, -0.15) is 10.5 Å². The highest BCUT2D eigenvalue weighted by molar-refractivity contribution is 5.90. The average Bonchev–Trinajstić information content (AvgIpc) is 3.18. The first-order chi connectivity index (χ1) is 26.5. The summed E-state index contributed by atoms with van der Waals surface area (Å²) >= 11 is 0. The molecule has 4 N–H and O–H groups in total. The van der Waals surface area contributed by atoms with Gasteiger partial charge in [0.1, 0.15) is 18.4 Å². The molecule has 288 valence electrons. The molecule has 0 saturated carbocycles. The van der Waals surface area contributed by atoms with Crippen LogP contribution in [0.4, 0.5) is 21.1 Å². The van der Waals surface area contributed by atoms with Gasteiger partial charge in [-0.25, -0.2) is 14.6 Å². The van der Waals surface area contributed by atoms with Crippen molar-refractivity contribution < 1.29 is 33.4 Å². The number of nitrogens with zero attached hydrogens (tertiary/aromatic N) is 4. The highest BCUT2D eigenvalue weighted by Crippen LogP contribution is 2.17. The van der Waals surface area contributed by atoms with Crippen LogP contribution in [0.5, 0.6) is 0 Å². The zero-order valence-electron chi connectivity index (χ0n) is 31.2. The first-order valence-electron chi connectivity index (χ1n) is 17.5. The third-order valence-electron chi connectivity index (χ3n) is 7.78. The molecule has 15 nitrogen and oxygen atoms in total. The molecule has 0 aliphatic heterocycles. The molecule has 0 aliphatic carbocycles. The SMILES string of the molecule is CCC(C)C(OC(=O)Nc1ccc2ccccc2n1)C(=O)NC(C#N)COCc1ccccc1.CN(C)CC(OC(=O)Nc1ccccc1)C(=O)NCC#N. The van der Waals surface area contributed by atoms with Crippen LogP contribution in [0.3, 0.4) is 0 Å². The predicted molar refractivity (Wildman–Crippen MR) is 206 cm³/mol. The summed E-state index contributed by atoms with van der Waals surface area (Å²) in [7, 11) is 3.51. The fourth-order valence-corrected chi connectivity index (χ4v) is 4.80. The smallest absolute Gasteiger partial charge is 0.413 e. The van der Waals surface area contributed by atoms with Gasteiger partial charge in [-0.1, -0.05) is 80.6 Å². The maximum absolute atomic E-state index is 12.9. The highest BCUT2D eigenvalue weighted by atomic mass is 16.6. The molecule has 4 unspecified atom stereocenters. The highest BCUT2D eigenvalue weighted by Gasteiger charge is 2.30. The van der Waals surface area contributed by atoms with E-state index in [-0.39, 0.29) is 25.6 Å². The zero-order valence-corrected chi connectivity index (χ0v) is 31.2. The number of likely N-dealkylation sites (N-methyl/N-ethyl adjacent to an activating group) is 1. The van der Waals surface area contributed by atoms with Crippen molar-refractivity contribution in [3.63, 3.8) is 0 Å². The Morgan fingerprint density at radius 2 is 1.47 bits per heavy atom. The zero-order chi connectivity index (χ0) is 40.0. The monoisotopic (exact) mass is 750 g/mol. The Kier molecular flexibility index (Phi) is 18.1. The van der Waals surface area contributed by atoms with Crippen LogP contribution in [0.1, 0.15) is 25.8 Å². The molecule has 4 amide bonds. The molecule has 0 aliphatic rings. The molecule has 15 heteroatoms.